The first-order valence-electron chi connectivity index (χ1n) is 4.93. The van der Waals surface area contributed by atoms with Crippen molar-refractivity contribution < 1.29 is 9.84 Å². The molecule has 2 unspecified atom stereocenters. The average Bonchev–Trinajstić information content (AvgIpc) is 2.90. The topological polar surface area (TPSA) is 47.3 Å². The second kappa shape index (κ2) is 3.71. The third-order valence-corrected chi connectivity index (χ3v) is 2.83. The second-order valence-electron chi connectivity index (χ2n) is 3.86. The highest BCUT2D eigenvalue weighted by Gasteiger charge is 2.37. The maximum Gasteiger partial charge on any atom is 0.122 e. The molecule has 1 aromatic rings. The number of nitrogens with zero attached hydrogens (tertiary/aromatic N) is 2. The Morgan fingerprint density at radius 3 is 2.79 bits per heavy atom. The molecule has 1 aromatic heterocycles. The summed E-state index contributed by atoms with van der Waals surface area (Å²) in [5, 5.41) is 14.1. The van der Waals surface area contributed by atoms with Crippen molar-refractivity contribution in [3.63, 3.8) is 0 Å². The molecule has 1 N–H and O–H groups in total. The molecule has 0 amide bonds. The minimum absolute atomic E-state index is 0.0783. The predicted octanol–water partition coefficient (Wildman–Crippen LogP) is 0.879. The van der Waals surface area contributed by atoms with Crippen LogP contribution in [-0.2, 0) is 11.8 Å². The maximum atomic E-state index is 10.1. The predicted molar refractivity (Wildman–Crippen MR) is 51.7 cm³/mol. The average molecular weight is 196 g/mol. The zero-order chi connectivity index (χ0) is 10.1. The van der Waals surface area contributed by atoms with E-state index in [2.05, 4.69) is 5.10 Å². The molecular weight excluding hydrogens is 180 g/mol. The fourth-order valence-electron chi connectivity index (χ4n) is 1.85. The van der Waals surface area contributed by atoms with Crippen molar-refractivity contribution in [2.45, 2.75) is 25.0 Å². The summed E-state index contributed by atoms with van der Waals surface area (Å²) in [6.07, 6.45) is 3.38. The zero-order valence-electron chi connectivity index (χ0n) is 8.55. The van der Waals surface area contributed by atoms with Crippen molar-refractivity contribution in [1.82, 2.24) is 9.78 Å². The molecule has 0 bridgehead atoms. The van der Waals surface area contributed by atoms with Gasteiger partial charge in [0.1, 0.15) is 6.10 Å². The number of aliphatic hydroxyl groups excluding tert-OH is 1. The lowest BCUT2D eigenvalue weighted by atomic mass is 10.1. The highest BCUT2D eigenvalue weighted by atomic mass is 16.5. The van der Waals surface area contributed by atoms with Crippen LogP contribution in [0.3, 0.4) is 0 Å². The van der Waals surface area contributed by atoms with Crippen molar-refractivity contribution in [1.29, 1.82) is 0 Å². The SMILES string of the molecule is COC(C1CC1)C(O)c1ccnn1C. The number of ether oxygens (including phenoxy) is 1. The van der Waals surface area contributed by atoms with Gasteiger partial charge in [-0.3, -0.25) is 4.68 Å². The van der Waals surface area contributed by atoms with Gasteiger partial charge in [0, 0.05) is 20.4 Å². The summed E-state index contributed by atoms with van der Waals surface area (Å²) in [5.41, 5.74) is 0.823. The molecule has 0 aliphatic heterocycles. The first-order chi connectivity index (χ1) is 6.74. The van der Waals surface area contributed by atoms with E-state index in [9.17, 15) is 5.11 Å². The fourth-order valence-corrected chi connectivity index (χ4v) is 1.85. The van der Waals surface area contributed by atoms with E-state index < -0.39 is 6.10 Å². The van der Waals surface area contributed by atoms with E-state index in [0.29, 0.717) is 5.92 Å². The van der Waals surface area contributed by atoms with E-state index in [1.54, 1.807) is 18.0 Å². The number of methoxy groups -OCH3 is 1. The highest BCUT2D eigenvalue weighted by molar-refractivity contribution is 5.08. The largest absolute Gasteiger partial charge is 0.384 e. The van der Waals surface area contributed by atoms with Crippen LogP contribution in [0.1, 0.15) is 24.6 Å². The number of aromatic nitrogens is 2. The molecule has 0 aromatic carbocycles. The van der Waals surface area contributed by atoms with E-state index in [0.717, 1.165) is 18.5 Å². The van der Waals surface area contributed by atoms with Crippen LogP contribution in [0, 0.1) is 5.92 Å². The quantitative estimate of drug-likeness (QED) is 0.777. The van der Waals surface area contributed by atoms with Crippen LogP contribution < -0.4 is 0 Å². The van der Waals surface area contributed by atoms with Crippen LogP contribution in [0.2, 0.25) is 0 Å². The number of aliphatic hydroxyl groups is 1. The van der Waals surface area contributed by atoms with E-state index in [4.69, 9.17) is 4.74 Å². The monoisotopic (exact) mass is 196 g/mol. The summed E-state index contributed by atoms with van der Waals surface area (Å²) in [7, 11) is 3.49. The van der Waals surface area contributed by atoms with Gasteiger partial charge in [0.25, 0.3) is 0 Å². The van der Waals surface area contributed by atoms with Crippen LogP contribution in [0.5, 0.6) is 0 Å². The van der Waals surface area contributed by atoms with Gasteiger partial charge in [-0.1, -0.05) is 0 Å². The molecular formula is C10H16N2O2. The Kier molecular flexibility index (Phi) is 2.56. The lowest BCUT2D eigenvalue weighted by Gasteiger charge is -2.21. The van der Waals surface area contributed by atoms with Gasteiger partial charge in [-0.2, -0.15) is 5.10 Å². The molecule has 2 atom stereocenters. The van der Waals surface area contributed by atoms with E-state index in [1.165, 1.54) is 0 Å². The summed E-state index contributed by atoms with van der Waals surface area (Å²) < 4.78 is 7.02. The first kappa shape index (κ1) is 9.68. The molecule has 4 nitrogen and oxygen atoms in total. The van der Waals surface area contributed by atoms with Crippen molar-refractivity contribution in [3.8, 4) is 0 Å². The Bertz CT molecular complexity index is 307. The minimum atomic E-state index is -0.556. The van der Waals surface area contributed by atoms with Crippen LogP contribution in [0.4, 0.5) is 0 Å². The summed E-state index contributed by atoms with van der Waals surface area (Å²) in [4.78, 5) is 0. The van der Waals surface area contributed by atoms with Crippen LogP contribution in [-0.4, -0.2) is 28.1 Å². The maximum absolute atomic E-state index is 10.1. The summed E-state index contributed by atoms with van der Waals surface area (Å²) in [5.74, 6) is 0.518. The summed E-state index contributed by atoms with van der Waals surface area (Å²) >= 11 is 0. The molecule has 2 rings (SSSR count). The number of aryl methyl sites for hydroxylation is 1. The number of rotatable bonds is 4. The van der Waals surface area contributed by atoms with Gasteiger partial charge in [-0.15, -0.1) is 0 Å². The molecule has 0 saturated heterocycles. The van der Waals surface area contributed by atoms with Gasteiger partial charge in [-0.05, 0) is 24.8 Å². The first-order valence-corrected chi connectivity index (χ1v) is 4.93. The van der Waals surface area contributed by atoms with Crippen LogP contribution >= 0.6 is 0 Å². The standard InChI is InChI=1S/C10H16N2O2/c1-12-8(5-6-11-12)9(13)10(14-2)7-3-4-7/h5-7,9-10,13H,3-4H2,1-2H3. The number of hydrogen-bond acceptors (Lipinski definition) is 3. The number of hydrogen-bond donors (Lipinski definition) is 1. The molecule has 0 radical (unpaired) electrons. The third kappa shape index (κ3) is 1.67. The van der Waals surface area contributed by atoms with E-state index in [-0.39, 0.29) is 6.10 Å². The molecule has 1 aliphatic carbocycles. The zero-order valence-corrected chi connectivity index (χ0v) is 8.55. The van der Waals surface area contributed by atoms with E-state index in [1.807, 2.05) is 13.1 Å². The van der Waals surface area contributed by atoms with Gasteiger partial charge in [0.2, 0.25) is 0 Å². The summed E-state index contributed by atoms with van der Waals surface area (Å²) in [6.45, 7) is 0. The minimum Gasteiger partial charge on any atom is -0.384 e. The van der Waals surface area contributed by atoms with Crippen molar-refractivity contribution in [2.75, 3.05) is 7.11 Å². The lowest BCUT2D eigenvalue weighted by molar-refractivity contribution is -0.0295. The Labute approximate surface area is 83.5 Å². The fraction of sp³-hybridized carbons (Fsp3) is 0.700. The van der Waals surface area contributed by atoms with Crippen molar-refractivity contribution >= 4 is 0 Å². The van der Waals surface area contributed by atoms with Gasteiger partial charge >= 0.3 is 0 Å². The van der Waals surface area contributed by atoms with Crippen LogP contribution in [0.15, 0.2) is 12.3 Å². The molecule has 0 spiro atoms. The Morgan fingerprint density at radius 1 is 1.64 bits per heavy atom. The second-order valence-corrected chi connectivity index (χ2v) is 3.86. The molecule has 1 heterocycles. The molecule has 1 saturated carbocycles. The van der Waals surface area contributed by atoms with Gasteiger partial charge in [-0.25, -0.2) is 0 Å². The van der Waals surface area contributed by atoms with Crippen LogP contribution in [0.25, 0.3) is 0 Å². The summed E-state index contributed by atoms with van der Waals surface area (Å²) in [6, 6.07) is 1.83. The highest BCUT2D eigenvalue weighted by Crippen LogP contribution is 2.39. The smallest absolute Gasteiger partial charge is 0.122 e. The molecule has 1 aliphatic rings. The van der Waals surface area contributed by atoms with Gasteiger partial charge in [0.05, 0.1) is 11.8 Å². The van der Waals surface area contributed by atoms with Gasteiger partial charge < -0.3 is 9.84 Å². The Morgan fingerprint density at radius 2 is 2.36 bits per heavy atom. The molecule has 78 valence electrons. The normalized spacial score (nSPS) is 20.8. The van der Waals surface area contributed by atoms with Gasteiger partial charge in [0.15, 0.2) is 0 Å². The van der Waals surface area contributed by atoms with Crippen molar-refractivity contribution in [3.05, 3.63) is 18.0 Å². The Balaban J connectivity index is 2.13. The molecule has 1 fully saturated rings. The third-order valence-electron chi connectivity index (χ3n) is 2.83. The Hall–Kier alpha value is -0.870. The lowest BCUT2D eigenvalue weighted by Crippen LogP contribution is -2.24. The molecule has 14 heavy (non-hydrogen) atoms. The molecule has 4 heteroatoms. The van der Waals surface area contributed by atoms with Crippen molar-refractivity contribution in [2.24, 2.45) is 13.0 Å². The van der Waals surface area contributed by atoms with E-state index >= 15 is 0 Å².